The maximum atomic E-state index is 11.6. The summed E-state index contributed by atoms with van der Waals surface area (Å²) in [5.74, 6) is -1.67. The Morgan fingerprint density at radius 1 is 1.62 bits per heavy atom. The van der Waals surface area contributed by atoms with Crippen LogP contribution < -0.4 is 0 Å². The Morgan fingerprint density at radius 2 is 2.31 bits per heavy atom. The molecule has 0 aliphatic heterocycles. The maximum absolute atomic E-state index is 11.6. The third-order valence-corrected chi connectivity index (χ3v) is 2.22. The smallest absolute Gasteiger partial charge is 0.308 e. The number of nitrogens with zero attached hydrogens (tertiary/aromatic N) is 2. The molecule has 1 aromatic rings. The van der Waals surface area contributed by atoms with Gasteiger partial charge in [0.1, 0.15) is 6.26 Å². The van der Waals surface area contributed by atoms with E-state index in [9.17, 15) is 9.59 Å². The molecular weight excluding hydrogens is 212 g/mol. The van der Waals surface area contributed by atoms with Gasteiger partial charge < -0.3 is 14.5 Å². The fourth-order valence-electron chi connectivity index (χ4n) is 1.21. The van der Waals surface area contributed by atoms with E-state index in [4.69, 9.17) is 5.11 Å². The molecule has 1 rings (SSSR count). The minimum absolute atomic E-state index is 0.124. The van der Waals surface area contributed by atoms with Crippen LogP contribution in [0, 0.1) is 5.92 Å². The van der Waals surface area contributed by atoms with Crippen molar-refractivity contribution in [3.05, 3.63) is 18.0 Å². The van der Waals surface area contributed by atoms with Crippen molar-refractivity contribution in [3.8, 4) is 0 Å². The molecule has 0 saturated heterocycles. The molecule has 1 atom stereocenters. The SMILES string of the molecule is CC(CN(C)C(=O)Cc1ccon1)C(=O)O. The number of aromatic nitrogens is 1. The highest BCUT2D eigenvalue weighted by atomic mass is 16.5. The van der Waals surface area contributed by atoms with Crippen molar-refractivity contribution in [2.45, 2.75) is 13.3 Å². The summed E-state index contributed by atoms with van der Waals surface area (Å²) in [4.78, 5) is 23.6. The minimum Gasteiger partial charge on any atom is -0.481 e. The molecule has 6 nitrogen and oxygen atoms in total. The first-order valence-electron chi connectivity index (χ1n) is 4.86. The van der Waals surface area contributed by atoms with Crippen molar-refractivity contribution < 1.29 is 19.2 Å². The molecule has 0 bridgehead atoms. The molecule has 88 valence electrons. The van der Waals surface area contributed by atoms with Crippen LogP contribution in [-0.4, -0.2) is 40.6 Å². The maximum Gasteiger partial charge on any atom is 0.308 e. The van der Waals surface area contributed by atoms with E-state index in [1.165, 1.54) is 11.2 Å². The number of likely N-dealkylation sites (N-methyl/N-ethyl adjacent to an activating group) is 1. The van der Waals surface area contributed by atoms with E-state index in [1.54, 1.807) is 20.0 Å². The number of carboxylic acid groups (broad SMARTS) is 1. The number of aliphatic carboxylic acids is 1. The van der Waals surface area contributed by atoms with Gasteiger partial charge in [0.25, 0.3) is 0 Å². The number of hydrogen-bond acceptors (Lipinski definition) is 4. The van der Waals surface area contributed by atoms with E-state index < -0.39 is 11.9 Å². The standard InChI is InChI=1S/C10H14N2O4/c1-7(10(14)15)6-12(2)9(13)5-8-3-4-16-11-8/h3-4,7H,5-6H2,1-2H3,(H,14,15). The molecule has 0 aliphatic rings. The molecule has 0 fully saturated rings. The largest absolute Gasteiger partial charge is 0.481 e. The lowest BCUT2D eigenvalue weighted by atomic mass is 10.1. The van der Waals surface area contributed by atoms with Gasteiger partial charge in [-0.05, 0) is 0 Å². The van der Waals surface area contributed by atoms with Crippen molar-refractivity contribution in [1.29, 1.82) is 0 Å². The summed E-state index contributed by atoms with van der Waals surface area (Å²) < 4.78 is 4.60. The third-order valence-electron chi connectivity index (χ3n) is 2.22. The van der Waals surface area contributed by atoms with Crippen LogP contribution >= 0.6 is 0 Å². The molecule has 6 heteroatoms. The molecule has 1 unspecified atom stereocenters. The molecule has 0 aromatic carbocycles. The van der Waals surface area contributed by atoms with E-state index in [2.05, 4.69) is 9.68 Å². The summed E-state index contributed by atoms with van der Waals surface area (Å²) >= 11 is 0. The molecule has 0 saturated carbocycles. The zero-order valence-electron chi connectivity index (χ0n) is 9.21. The van der Waals surface area contributed by atoms with E-state index in [1.807, 2.05) is 0 Å². The number of rotatable bonds is 5. The zero-order chi connectivity index (χ0) is 12.1. The second-order valence-corrected chi connectivity index (χ2v) is 3.68. The number of carbonyl (C=O) groups is 2. The van der Waals surface area contributed by atoms with Crippen LogP contribution in [0.4, 0.5) is 0 Å². The van der Waals surface area contributed by atoms with E-state index in [-0.39, 0.29) is 18.9 Å². The summed E-state index contributed by atoms with van der Waals surface area (Å²) in [6.07, 6.45) is 1.52. The average Bonchev–Trinajstić information content (AvgIpc) is 2.69. The first-order valence-corrected chi connectivity index (χ1v) is 4.86. The second kappa shape index (κ2) is 5.29. The van der Waals surface area contributed by atoms with Crippen molar-refractivity contribution in [2.24, 2.45) is 5.92 Å². The van der Waals surface area contributed by atoms with Crippen molar-refractivity contribution in [2.75, 3.05) is 13.6 Å². The van der Waals surface area contributed by atoms with Gasteiger partial charge in [0.15, 0.2) is 0 Å². The Balaban J connectivity index is 2.45. The Bertz CT molecular complexity index is 361. The van der Waals surface area contributed by atoms with Gasteiger partial charge in [-0.3, -0.25) is 9.59 Å². The Hall–Kier alpha value is -1.85. The summed E-state index contributed by atoms with van der Waals surface area (Å²) in [6.45, 7) is 1.74. The number of hydrogen-bond donors (Lipinski definition) is 1. The van der Waals surface area contributed by atoms with Gasteiger partial charge in [0.2, 0.25) is 5.91 Å². The van der Waals surface area contributed by atoms with Gasteiger partial charge in [0.05, 0.1) is 18.0 Å². The molecule has 16 heavy (non-hydrogen) atoms. The molecule has 1 heterocycles. The second-order valence-electron chi connectivity index (χ2n) is 3.68. The third kappa shape index (κ3) is 3.38. The monoisotopic (exact) mass is 226 g/mol. The Kier molecular flexibility index (Phi) is 4.04. The van der Waals surface area contributed by atoms with Gasteiger partial charge in [-0.25, -0.2) is 0 Å². The van der Waals surface area contributed by atoms with Crippen molar-refractivity contribution in [1.82, 2.24) is 10.1 Å². The van der Waals surface area contributed by atoms with E-state index >= 15 is 0 Å². The summed E-state index contributed by atoms with van der Waals surface area (Å²) in [6, 6.07) is 1.60. The average molecular weight is 226 g/mol. The zero-order valence-corrected chi connectivity index (χ0v) is 9.21. The summed E-state index contributed by atoms with van der Waals surface area (Å²) in [5.41, 5.74) is 0.542. The lowest BCUT2D eigenvalue weighted by molar-refractivity contribution is -0.142. The van der Waals surface area contributed by atoms with Crippen molar-refractivity contribution in [3.63, 3.8) is 0 Å². The van der Waals surface area contributed by atoms with Crippen LogP contribution in [-0.2, 0) is 16.0 Å². The highest BCUT2D eigenvalue weighted by Gasteiger charge is 2.18. The molecule has 0 spiro atoms. The molecular formula is C10H14N2O4. The normalized spacial score (nSPS) is 12.1. The lowest BCUT2D eigenvalue weighted by Crippen LogP contribution is -2.34. The quantitative estimate of drug-likeness (QED) is 0.785. The van der Waals surface area contributed by atoms with E-state index in [0.717, 1.165) is 0 Å². The Labute approximate surface area is 92.8 Å². The van der Waals surface area contributed by atoms with Gasteiger partial charge in [-0.15, -0.1) is 0 Å². The molecule has 1 amide bonds. The van der Waals surface area contributed by atoms with Gasteiger partial charge in [0, 0.05) is 19.7 Å². The number of amides is 1. The minimum atomic E-state index is -0.916. The predicted molar refractivity (Wildman–Crippen MR) is 54.6 cm³/mol. The highest BCUT2D eigenvalue weighted by Crippen LogP contribution is 2.02. The summed E-state index contributed by atoms with van der Waals surface area (Å²) in [5, 5.41) is 12.3. The van der Waals surface area contributed by atoms with Crippen LogP contribution in [0.2, 0.25) is 0 Å². The first kappa shape index (κ1) is 12.2. The summed E-state index contributed by atoms with van der Waals surface area (Å²) in [7, 11) is 1.57. The van der Waals surface area contributed by atoms with Crippen LogP contribution in [0.5, 0.6) is 0 Å². The van der Waals surface area contributed by atoms with Crippen LogP contribution in [0.1, 0.15) is 12.6 Å². The van der Waals surface area contributed by atoms with Gasteiger partial charge in [-0.1, -0.05) is 12.1 Å². The van der Waals surface area contributed by atoms with Crippen LogP contribution in [0.25, 0.3) is 0 Å². The molecule has 1 N–H and O–H groups in total. The lowest BCUT2D eigenvalue weighted by Gasteiger charge is -2.18. The van der Waals surface area contributed by atoms with Crippen molar-refractivity contribution >= 4 is 11.9 Å². The topological polar surface area (TPSA) is 83.6 Å². The van der Waals surface area contributed by atoms with Gasteiger partial charge in [-0.2, -0.15) is 0 Å². The molecule has 0 aliphatic carbocycles. The predicted octanol–water partition coefficient (Wildman–Crippen LogP) is 0.396. The van der Waals surface area contributed by atoms with Gasteiger partial charge >= 0.3 is 5.97 Å². The highest BCUT2D eigenvalue weighted by molar-refractivity contribution is 5.79. The van der Waals surface area contributed by atoms with E-state index in [0.29, 0.717) is 5.69 Å². The fourth-order valence-corrected chi connectivity index (χ4v) is 1.21. The fraction of sp³-hybridized carbons (Fsp3) is 0.500. The van der Waals surface area contributed by atoms with Crippen LogP contribution in [0.3, 0.4) is 0 Å². The molecule has 0 radical (unpaired) electrons. The number of carboxylic acids is 1. The van der Waals surface area contributed by atoms with Crippen LogP contribution in [0.15, 0.2) is 16.9 Å². The Morgan fingerprint density at radius 3 is 2.81 bits per heavy atom. The number of carbonyl (C=O) groups excluding carboxylic acids is 1. The molecule has 1 aromatic heterocycles. The first-order chi connectivity index (χ1) is 7.50.